The van der Waals surface area contributed by atoms with Crippen LogP contribution >= 0.6 is 11.6 Å². The third-order valence-corrected chi connectivity index (χ3v) is 5.37. The van der Waals surface area contributed by atoms with Crippen molar-refractivity contribution in [2.75, 3.05) is 18.4 Å². The number of fused-ring (bicyclic) bond motifs is 3. The number of anilines is 1. The van der Waals surface area contributed by atoms with Crippen LogP contribution in [0.1, 0.15) is 33.6 Å². The van der Waals surface area contributed by atoms with E-state index in [4.69, 9.17) is 16.3 Å². The quantitative estimate of drug-likeness (QED) is 0.567. The third-order valence-electron chi connectivity index (χ3n) is 5.13. The molecule has 1 saturated heterocycles. The third kappa shape index (κ3) is 4.29. The molecule has 3 aromatic rings. The summed E-state index contributed by atoms with van der Waals surface area (Å²) in [5.41, 5.74) is 1.87. The second-order valence-corrected chi connectivity index (χ2v) is 9.08. The van der Waals surface area contributed by atoms with Crippen LogP contribution in [0, 0.1) is 0 Å². The Morgan fingerprint density at radius 3 is 2.93 bits per heavy atom. The Morgan fingerprint density at radius 2 is 2.17 bits per heavy atom. The number of H-pyrrole nitrogens is 1. The van der Waals surface area contributed by atoms with E-state index in [0.717, 1.165) is 28.4 Å². The number of aromatic nitrogens is 3. The van der Waals surface area contributed by atoms with Crippen LogP contribution in [0.2, 0.25) is 5.02 Å². The van der Waals surface area contributed by atoms with E-state index < -0.39 is 17.8 Å². The van der Waals surface area contributed by atoms with Crippen molar-refractivity contribution in [3.63, 3.8) is 0 Å². The van der Waals surface area contributed by atoms with E-state index in [-0.39, 0.29) is 12.6 Å². The summed E-state index contributed by atoms with van der Waals surface area (Å²) in [5, 5.41) is 15.7. The zero-order valence-electron chi connectivity index (χ0n) is 17.3. The number of ether oxygens (including phenoxy) is 1. The number of nitrogens with one attached hydrogen (secondary N) is 2. The predicted octanol–water partition coefficient (Wildman–Crippen LogP) is 3.94. The summed E-state index contributed by atoms with van der Waals surface area (Å²) < 4.78 is 5.45. The van der Waals surface area contributed by atoms with Crippen LogP contribution in [0.3, 0.4) is 0 Å². The molecular weight excluding hydrogens is 406 g/mol. The van der Waals surface area contributed by atoms with Gasteiger partial charge in [-0.15, -0.1) is 0 Å². The first-order valence-electron chi connectivity index (χ1n) is 10.1. The minimum Gasteiger partial charge on any atom is -0.444 e. The van der Waals surface area contributed by atoms with Crippen LogP contribution in [-0.2, 0) is 4.74 Å². The van der Waals surface area contributed by atoms with Crippen LogP contribution in [-0.4, -0.2) is 61.9 Å². The van der Waals surface area contributed by atoms with Gasteiger partial charge in [-0.1, -0.05) is 11.6 Å². The van der Waals surface area contributed by atoms with Gasteiger partial charge in [0.25, 0.3) is 0 Å². The number of halogens is 1. The lowest BCUT2D eigenvalue weighted by Crippen LogP contribution is -2.44. The second kappa shape index (κ2) is 7.92. The molecule has 0 spiro atoms. The molecule has 1 aliphatic heterocycles. The summed E-state index contributed by atoms with van der Waals surface area (Å²) in [6.45, 7) is 6.23. The van der Waals surface area contributed by atoms with Gasteiger partial charge in [-0.05, 0) is 51.8 Å². The number of β-amino-alcohol motifs (C(OH)–C–C–N with tert-alkyl or cyclic N) is 1. The number of benzene rings is 1. The van der Waals surface area contributed by atoms with Crippen molar-refractivity contribution in [2.45, 2.75) is 51.4 Å². The van der Waals surface area contributed by atoms with Crippen molar-refractivity contribution in [1.82, 2.24) is 19.9 Å². The minimum atomic E-state index is -0.760. The highest BCUT2D eigenvalue weighted by atomic mass is 35.5. The Kier molecular flexibility index (Phi) is 5.46. The van der Waals surface area contributed by atoms with Gasteiger partial charge >= 0.3 is 6.09 Å². The standard InChI is InChI=1S/C21H26ClN5O3/c1-21(2,3)30-20(29)27-8-4-5-15(16(28)10-27)26-19-18-17(23-11-24-19)13-9-12(22)6-7-14(13)25-18/h6-7,9,11,15-16,25,28H,4-5,8,10H2,1-3H3,(H,23,24,26)/t15?,16-/m1/s1. The molecule has 0 radical (unpaired) electrons. The second-order valence-electron chi connectivity index (χ2n) is 8.65. The van der Waals surface area contributed by atoms with Crippen molar-refractivity contribution in [2.24, 2.45) is 0 Å². The largest absolute Gasteiger partial charge is 0.444 e. The van der Waals surface area contributed by atoms with Crippen molar-refractivity contribution < 1.29 is 14.6 Å². The van der Waals surface area contributed by atoms with Crippen molar-refractivity contribution in [3.8, 4) is 0 Å². The molecule has 1 aliphatic rings. The van der Waals surface area contributed by atoms with Gasteiger partial charge in [-0.3, -0.25) is 0 Å². The maximum atomic E-state index is 12.4. The Morgan fingerprint density at radius 1 is 1.37 bits per heavy atom. The van der Waals surface area contributed by atoms with Crippen LogP contribution in [0.4, 0.5) is 10.6 Å². The number of carbonyl (C=O) groups excluding carboxylic acids is 1. The number of rotatable bonds is 2. The molecule has 1 amide bonds. The summed E-state index contributed by atoms with van der Waals surface area (Å²) >= 11 is 6.14. The molecule has 9 heteroatoms. The SMILES string of the molecule is CC(C)(C)OC(=O)N1CCCC(Nc2ncnc3c2[nH]c2ccc(Cl)cc23)[C@H](O)C1. The fraction of sp³-hybridized carbons (Fsp3) is 0.476. The highest BCUT2D eigenvalue weighted by Crippen LogP contribution is 2.30. The number of aromatic amines is 1. The van der Waals surface area contributed by atoms with Gasteiger partial charge in [-0.2, -0.15) is 0 Å². The average molecular weight is 432 g/mol. The molecule has 1 aromatic carbocycles. The highest BCUT2D eigenvalue weighted by molar-refractivity contribution is 6.31. The molecule has 4 rings (SSSR count). The molecule has 1 unspecified atom stereocenters. The van der Waals surface area contributed by atoms with E-state index in [0.29, 0.717) is 23.8 Å². The normalized spacial score (nSPS) is 20.4. The van der Waals surface area contributed by atoms with E-state index in [2.05, 4.69) is 20.3 Å². The number of aliphatic hydroxyl groups is 1. The van der Waals surface area contributed by atoms with Crippen LogP contribution < -0.4 is 5.32 Å². The number of hydrogen-bond donors (Lipinski definition) is 3. The summed E-state index contributed by atoms with van der Waals surface area (Å²) in [6.07, 6.45) is 1.76. The molecule has 2 aromatic heterocycles. The van der Waals surface area contributed by atoms with Gasteiger partial charge in [0, 0.05) is 22.5 Å². The molecular formula is C21H26ClN5O3. The Bertz CT molecular complexity index is 1080. The summed E-state index contributed by atoms with van der Waals surface area (Å²) in [5.74, 6) is 0.613. The first-order valence-corrected chi connectivity index (χ1v) is 10.4. The summed E-state index contributed by atoms with van der Waals surface area (Å²) in [6, 6.07) is 5.33. The molecule has 0 aliphatic carbocycles. The lowest BCUT2D eigenvalue weighted by atomic mass is 10.1. The van der Waals surface area contributed by atoms with Gasteiger partial charge < -0.3 is 25.0 Å². The minimum absolute atomic E-state index is 0.198. The first kappa shape index (κ1) is 20.7. The number of aliphatic hydroxyl groups excluding tert-OH is 1. The van der Waals surface area contributed by atoms with Crippen molar-refractivity contribution >= 4 is 45.4 Å². The number of amides is 1. The van der Waals surface area contributed by atoms with Gasteiger partial charge in [0.2, 0.25) is 0 Å². The molecule has 2 atom stereocenters. The molecule has 3 heterocycles. The molecule has 3 N–H and O–H groups in total. The van der Waals surface area contributed by atoms with Gasteiger partial charge in [0.15, 0.2) is 5.82 Å². The van der Waals surface area contributed by atoms with Crippen LogP contribution in [0.5, 0.6) is 0 Å². The molecule has 8 nitrogen and oxygen atoms in total. The number of hydrogen-bond acceptors (Lipinski definition) is 6. The smallest absolute Gasteiger partial charge is 0.410 e. The van der Waals surface area contributed by atoms with Gasteiger partial charge in [-0.25, -0.2) is 14.8 Å². The Balaban J connectivity index is 1.55. The first-order chi connectivity index (χ1) is 14.2. The average Bonchev–Trinajstić information content (AvgIpc) is 2.93. The maximum absolute atomic E-state index is 12.4. The van der Waals surface area contributed by atoms with Crippen molar-refractivity contribution in [3.05, 3.63) is 29.5 Å². The maximum Gasteiger partial charge on any atom is 0.410 e. The van der Waals surface area contributed by atoms with Crippen LogP contribution in [0.15, 0.2) is 24.5 Å². The summed E-state index contributed by atoms with van der Waals surface area (Å²) in [4.78, 5) is 26.1. The van der Waals surface area contributed by atoms with Crippen LogP contribution in [0.25, 0.3) is 21.9 Å². The van der Waals surface area contributed by atoms with E-state index in [1.807, 2.05) is 39.0 Å². The Labute approximate surface area is 179 Å². The van der Waals surface area contributed by atoms with E-state index in [1.54, 1.807) is 4.90 Å². The molecule has 0 saturated carbocycles. The van der Waals surface area contributed by atoms with Gasteiger partial charge in [0.05, 0.1) is 18.7 Å². The molecule has 1 fully saturated rings. The summed E-state index contributed by atoms with van der Waals surface area (Å²) in [7, 11) is 0. The highest BCUT2D eigenvalue weighted by Gasteiger charge is 2.31. The lowest BCUT2D eigenvalue weighted by Gasteiger charge is -2.28. The monoisotopic (exact) mass is 431 g/mol. The van der Waals surface area contributed by atoms with Crippen molar-refractivity contribution in [1.29, 1.82) is 0 Å². The van der Waals surface area contributed by atoms with Gasteiger partial charge in [0.1, 0.15) is 23.0 Å². The lowest BCUT2D eigenvalue weighted by molar-refractivity contribution is 0.0167. The predicted molar refractivity (Wildman–Crippen MR) is 117 cm³/mol. The van der Waals surface area contributed by atoms with E-state index >= 15 is 0 Å². The zero-order valence-corrected chi connectivity index (χ0v) is 18.0. The number of carbonyl (C=O) groups is 1. The number of nitrogens with zero attached hydrogens (tertiary/aromatic N) is 3. The molecule has 0 bridgehead atoms. The Hall–Kier alpha value is -2.58. The fourth-order valence-corrected chi connectivity index (χ4v) is 3.92. The molecule has 160 valence electrons. The number of likely N-dealkylation sites (tertiary alicyclic amines) is 1. The topological polar surface area (TPSA) is 103 Å². The van der Waals surface area contributed by atoms with E-state index in [1.165, 1.54) is 6.33 Å². The zero-order chi connectivity index (χ0) is 21.5. The molecule has 30 heavy (non-hydrogen) atoms. The fourth-order valence-electron chi connectivity index (χ4n) is 3.75. The van der Waals surface area contributed by atoms with E-state index in [9.17, 15) is 9.90 Å².